The van der Waals surface area contributed by atoms with E-state index in [9.17, 15) is 4.79 Å². The van der Waals surface area contributed by atoms with Gasteiger partial charge in [-0.15, -0.1) is 0 Å². The Balaban J connectivity index is 1.77. The van der Waals surface area contributed by atoms with Crippen molar-refractivity contribution in [3.05, 3.63) is 18.5 Å². The molecule has 28 heavy (non-hydrogen) atoms. The van der Waals surface area contributed by atoms with Crippen molar-refractivity contribution in [1.29, 1.82) is 0 Å². The number of hydrogen-bond acceptors (Lipinski definition) is 7. The maximum absolute atomic E-state index is 12.3. The molecule has 1 aliphatic heterocycles. The Morgan fingerprint density at radius 1 is 1.04 bits per heavy atom. The minimum absolute atomic E-state index is 0.0766. The monoisotopic (exact) mass is 387 g/mol. The zero-order valence-electron chi connectivity index (χ0n) is 17.2. The molecule has 1 amide bonds. The van der Waals surface area contributed by atoms with Crippen LogP contribution in [0.4, 0.5) is 5.82 Å². The summed E-state index contributed by atoms with van der Waals surface area (Å²) in [5.74, 6) is 2.26. The van der Waals surface area contributed by atoms with E-state index in [0.717, 1.165) is 42.9 Å². The number of benzene rings is 1. The van der Waals surface area contributed by atoms with Gasteiger partial charge in [0.2, 0.25) is 5.91 Å². The van der Waals surface area contributed by atoms with Crippen LogP contribution < -0.4 is 19.7 Å². The highest BCUT2D eigenvalue weighted by atomic mass is 16.5. The van der Waals surface area contributed by atoms with Crippen molar-refractivity contribution in [3.8, 4) is 11.5 Å². The highest BCUT2D eigenvalue weighted by Crippen LogP contribution is 2.34. The molecule has 1 aromatic heterocycles. The van der Waals surface area contributed by atoms with E-state index in [-0.39, 0.29) is 18.0 Å². The summed E-state index contributed by atoms with van der Waals surface area (Å²) >= 11 is 0. The van der Waals surface area contributed by atoms with Crippen LogP contribution in [0.2, 0.25) is 0 Å². The molecule has 1 fully saturated rings. The first-order valence-corrected chi connectivity index (χ1v) is 9.60. The first-order valence-electron chi connectivity index (χ1n) is 9.60. The molecule has 8 nitrogen and oxygen atoms in total. The predicted octanol–water partition coefficient (Wildman–Crippen LogP) is 1.68. The molecular weight excluding hydrogens is 358 g/mol. The standard InChI is InChI=1S/C20H29N5O3/c1-13(2)23-20(26)14(3)24-6-8-25(9-7-24)19-15-10-17(27-4)18(28-5)11-16(15)21-12-22-19/h10-14H,6-9H2,1-5H3,(H,23,26). The SMILES string of the molecule is COc1cc2ncnc(N3CCN(C(C)C(=O)NC(C)C)CC3)c2cc1OC. The van der Waals surface area contributed by atoms with Crippen molar-refractivity contribution in [2.45, 2.75) is 32.9 Å². The number of carbonyl (C=O) groups excluding carboxylic acids is 1. The van der Waals surface area contributed by atoms with E-state index in [1.54, 1.807) is 20.5 Å². The van der Waals surface area contributed by atoms with Gasteiger partial charge in [-0.1, -0.05) is 0 Å². The van der Waals surface area contributed by atoms with Gasteiger partial charge in [-0.25, -0.2) is 9.97 Å². The van der Waals surface area contributed by atoms with Gasteiger partial charge in [0.25, 0.3) is 0 Å². The van der Waals surface area contributed by atoms with Gasteiger partial charge in [0.05, 0.1) is 25.8 Å². The Morgan fingerprint density at radius 3 is 2.29 bits per heavy atom. The molecule has 1 N–H and O–H groups in total. The number of hydrogen-bond donors (Lipinski definition) is 1. The molecule has 1 saturated heterocycles. The third-order valence-corrected chi connectivity index (χ3v) is 5.09. The Kier molecular flexibility index (Phi) is 6.18. The van der Waals surface area contributed by atoms with Crippen LogP contribution in [0.5, 0.6) is 11.5 Å². The van der Waals surface area contributed by atoms with Gasteiger partial charge in [0.15, 0.2) is 11.5 Å². The summed E-state index contributed by atoms with van der Waals surface area (Å²) in [5, 5.41) is 3.92. The van der Waals surface area contributed by atoms with Crippen LogP contribution >= 0.6 is 0 Å². The van der Waals surface area contributed by atoms with Gasteiger partial charge in [0.1, 0.15) is 12.1 Å². The summed E-state index contributed by atoms with van der Waals surface area (Å²) in [4.78, 5) is 25.6. The van der Waals surface area contributed by atoms with Crippen LogP contribution in [0.3, 0.4) is 0 Å². The molecule has 1 aliphatic rings. The molecule has 2 heterocycles. The Morgan fingerprint density at radius 2 is 1.68 bits per heavy atom. The molecule has 0 radical (unpaired) electrons. The summed E-state index contributed by atoms with van der Waals surface area (Å²) in [6, 6.07) is 3.80. The third-order valence-electron chi connectivity index (χ3n) is 5.09. The van der Waals surface area contributed by atoms with Crippen LogP contribution in [0.15, 0.2) is 18.5 Å². The van der Waals surface area contributed by atoms with E-state index in [2.05, 4.69) is 25.1 Å². The molecule has 1 aromatic carbocycles. The zero-order valence-corrected chi connectivity index (χ0v) is 17.2. The Bertz CT molecular complexity index is 834. The van der Waals surface area contributed by atoms with Crippen molar-refractivity contribution in [2.75, 3.05) is 45.3 Å². The Hall–Kier alpha value is -2.61. The largest absolute Gasteiger partial charge is 0.493 e. The molecule has 152 valence electrons. The first-order chi connectivity index (χ1) is 13.4. The highest BCUT2D eigenvalue weighted by Gasteiger charge is 2.27. The van der Waals surface area contributed by atoms with Crippen LogP contribution in [0, 0.1) is 0 Å². The molecule has 0 bridgehead atoms. The molecule has 0 spiro atoms. The normalized spacial score (nSPS) is 16.3. The van der Waals surface area contributed by atoms with E-state index in [1.165, 1.54) is 0 Å². The van der Waals surface area contributed by atoms with Gasteiger partial charge in [-0.3, -0.25) is 9.69 Å². The van der Waals surface area contributed by atoms with Crippen molar-refractivity contribution < 1.29 is 14.3 Å². The Labute approximate surface area is 165 Å². The molecular formula is C20H29N5O3. The highest BCUT2D eigenvalue weighted by molar-refractivity contribution is 5.92. The van der Waals surface area contributed by atoms with Crippen LogP contribution in [-0.2, 0) is 4.79 Å². The lowest BCUT2D eigenvalue weighted by atomic mass is 10.1. The minimum Gasteiger partial charge on any atom is -0.493 e. The van der Waals surface area contributed by atoms with E-state index < -0.39 is 0 Å². The fraction of sp³-hybridized carbons (Fsp3) is 0.550. The van der Waals surface area contributed by atoms with E-state index in [4.69, 9.17) is 9.47 Å². The second kappa shape index (κ2) is 8.60. The van der Waals surface area contributed by atoms with Crippen LogP contribution in [0.25, 0.3) is 10.9 Å². The lowest BCUT2D eigenvalue weighted by Crippen LogP contribution is -2.54. The lowest BCUT2D eigenvalue weighted by molar-refractivity contribution is -0.126. The van der Waals surface area contributed by atoms with Gasteiger partial charge in [-0.05, 0) is 26.8 Å². The second-order valence-electron chi connectivity index (χ2n) is 7.28. The van der Waals surface area contributed by atoms with Crippen molar-refractivity contribution in [1.82, 2.24) is 20.2 Å². The van der Waals surface area contributed by atoms with Gasteiger partial charge < -0.3 is 19.7 Å². The summed E-state index contributed by atoms with van der Waals surface area (Å²) in [6.07, 6.45) is 1.58. The van der Waals surface area contributed by atoms with E-state index in [1.807, 2.05) is 32.9 Å². The molecule has 1 unspecified atom stereocenters. The number of fused-ring (bicyclic) bond motifs is 1. The number of anilines is 1. The molecule has 0 aliphatic carbocycles. The average molecular weight is 387 g/mol. The van der Waals surface area contributed by atoms with Gasteiger partial charge in [0, 0.05) is 43.7 Å². The third kappa shape index (κ3) is 4.11. The smallest absolute Gasteiger partial charge is 0.237 e. The fourth-order valence-corrected chi connectivity index (χ4v) is 3.51. The number of aromatic nitrogens is 2. The molecule has 0 saturated carbocycles. The van der Waals surface area contributed by atoms with E-state index >= 15 is 0 Å². The van der Waals surface area contributed by atoms with Gasteiger partial charge in [-0.2, -0.15) is 0 Å². The summed E-state index contributed by atoms with van der Waals surface area (Å²) in [7, 11) is 3.23. The van der Waals surface area contributed by atoms with Crippen LogP contribution in [0.1, 0.15) is 20.8 Å². The molecule has 1 atom stereocenters. The second-order valence-corrected chi connectivity index (χ2v) is 7.28. The molecule has 2 aromatic rings. The maximum Gasteiger partial charge on any atom is 0.237 e. The number of carbonyl (C=O) groups is 1. The number of rotatable bonds is 6. The first kappa shape index (κ1) is 20.1. The lowest BCUT2D eigenvalue weighted by Gasteiger charge is -2.38. The number of ether oxygens (including phenoxy) is 2. The summed E-state index contributed by atoms with van der Waals surface area (Å²) < 4.78 is 10.8. The fourth-order valence-electron chi connectivity index (χ4n) is 3.51. The van der Waals surface area contributed by atoms with Gasteiger partial charge >= 0.3 is 0 Å². The van der Waals surface area contributed by atoms with Crippen molar-refractivity contribution in [3.63, 3.8) is 0 Å². The minimum atomic E-state index is -0.143. The van der Waals surface area contributed by atoms with E-state index in [0.29, 0.717) is 11.5 Å². The summed E-state index contributed by atoms with van der Waals surface area (Å²) in [6.45, 7) is 9.10. The number of amides is 1. The predicted molar refractivity (Wildman–Crippen MR) is 109 cm³/mol. The maximum atomic E-state index is 12.3. The summed E-state index contributed by atoms with van der Waals surface area (Å²) in [5.41, 5.74) is 0.815. The molecule has 3 rings (SSSR count). The topological polar surface area (TPSA) is 79.8 Å². The average Bonchev–Trinajstić information content (AvgIpc) is 2.71. The number of nitrogens with zero attached hydrogens (tertiary/aromatic N) is 4. The van der Waals surface area contributed by atoms with Crippen molar-refractivity contribution >= 4 is 22.6 Å². The number of methoxy groups -OCH3 is 2. The van der Waals surface area contributed by atoms with Crippen LogP contribution in [-0.4, -0.2) is 73.3 Å². The number of piperazine rings is 1. The molecule has 8 heteroatoms. The van der Waals surface area contributed by atoms with Crippen molar-refractivity contribution in [2.24, 2.45) is 0 Å². The zero-order chi connectivity index (χ0) is 20.3. The number of nitrogens with one attached hydrogen (secondary N) is 1. The quantitative estimate of drug-likeness (QED) is 0.808.